The van der Waals surface area contributed by atoms with Crippen molar-refractivity contribution in [2.75, 3.05) is 0 Å². The van der Waals surface area contributed by atoms with Gasteiger partial charge in [-0.1, -0.05) is 44.1 Å². The molecule has 0 radical (unpaired) electrons. The molecule has 0 aliphatic heterocycles. The molecule has 0 bridgehead atoms. The van der Waals surface area contributed by atoms with Gasteiger partial charge in [-0.3, -0.25) is 4.79 Å². The third kappa shape index (κ3) is 16.7. The maximum absolute atomic E-state index is 13.5. The summed E-state index contributed by atoms with van der Waals surface area (Å²) >= 11 is 0. The number of rotatable bonds is 14. The molecule has 2 nitrogen and oxygen atoms in total. The van der Waals surface area contributed by atoms with Crippen molar-refractivity contribution in [1.29, 1.82) is 0 Å². The minimum absolute atomic E-state index is 0.0457. The molecule has 0 aromatic carbocycles. The molecule has 0 amide bonds. The van der Waals surface area contributed by atoms with Crippen molar-refractivity contribution in [1.82, 2.24) is 0 Å². The SMILES string of the molecule is CCCCC/C=C\C/C=C\C/C=C(/F)C/C=C(/F)CCCC(=O)O. The minimum Gasteiger partial charge on any atom is -0.481 e. The first-order valence-electron chi connectivity index (χ1n) is 8.77. The molecule has 24 heavy (non-hydrogen) atoms. The Bertz CT molecular complexity index is 449. The molecule has 0 aliphatic rings. The van der Waals surface area contributed by atoms with Crippen molar-refractivity contribution in [3.8, 4) is 0 Å². The summed E-state index contributed by atoms with van der Waals surface area (Å²) in [5.74, 6) is -1.77. The highest BCUT2D eigenvalue weighted by atomic mass is 19.1. The summed E-state index contributed by atoms with van der Waals surface area (Å²) in [4.78, 5) is 10.3. The van der Waals surface area contributed by atoms with Crippen LogP contribution in [0.15, 0.2) is 48.1 Å². The topological polar surface area (TPSA) is 37.3 Å². The van der Waals surface area contributed by atoms with E-state index in [2.05, 4.69) is 19.1 Å². The highest BCUT2D eigenvalue weighted by Gasteiger charge is 2.00. The Morgan fingerprint density at radius 3 is 2.29 bits per heavy atom. The summed E-state index contributed by atoms with van der Waals surface area (Å²) in [7, 11) is 0. The Kier molecular flexibility index (Phi) is 15.0. The number of unbranched alkanes of at least 4 members (excludes halogenated alkanes) is 3. The molecule has 0 aliphatic carbocycles. The van der Waals surface area contributed by atoms with Gasteiger partial charge in [-0.2, -0.15) is 0 Å². The van der Waals surface area contributed by atoms with Crippen LogP contribution >= 0.6 is 0 Å². The molecule has 0 atom stereocenters. The normalized spacial score (nSPS) is 13.3. The van der Waals surface area contributed by atoms with Crippen molar-refractivity contribution in [2.45, 2.75) is 71.1 Å². The lowest BCUT2D eigenvalue weighted by Crippen LogP contribution is -1.93. The van der Waals surface area contributed by atoms with Crippen molar-refractivity contribution in [3.63, 3.8) is 0 Å². The first kappa shape index (κ1) is 22.3. The average Bonchev–Trinajstić information content (AvgIpc) is 2.54. The number of carboxylic acid groups (broad SMARTS) is 1. The van der Waals surface area contributed by atoms with Gasteiger partial charge in [0.25, 0.3) is 0 Å². The van der Waals surface area contributed by atoms with Gasteiger partial charge < -0.3 is 5.11 Å². The zero-order valence-corrected chi connectivity index (χ0v) is 14.6. The van der Waals surface area contributed by atoms with Crippen molar-refractivity contribution < 1.29 is 18.7 Å². The third-order valence-corrected chi connectivity index (χ3v) is 3.38. The molecule has 0 fully saturated rings. The van der Waals surface area contributed by atoms with Gasteiger partial charge >= 0.3 is 5.97 Å². The zero-order valence-electron chi connectivity index (χ0n) is 14.6. The van der Waals surface area contributed by atoms with Crippen LogP contribution in [0, 0.1) is 0 Å². The molecule has 0 saturated carbocycles. The van der Waals surface area contributed by atoms with E-state index in [1.807, 2.05) is 12.2 Å². The van der Waals surface area contributed by atoms with E-state index in [1.54, 1.807) is 0 Å². The lowest BCUT2D eigenvalue weighted by atomic mass is 10.2. The van der Waals surface area contributed by atoms with E-state index in [0.29, 0.717) is 6.42 Å². The van der Waals surface area contributed by atoms with Crippen molar-refractivity contribution in [2.24, 2.45) is 0 Å². The number of halogens is 2. The zero-order chi connectivity index (χ0) is 18.0. The second kappa shape index (κ2) is 16.2. The van der Waals surface area contributed by atoms with Gasteiger partial charge in [-0.15, -0.1) is 0 Å². The predicted molar refractivity (Wildman–Crippen MR) is 96.1 cm³/mol. The number of allylic oxidation sites excluding steroid dienone is 8. The van der Waals surface area contributed by atoms with Gasteiger partial charge in [-0.25, -0.2) is 8.78 Å². The van der Waals surface area contributed by atoms with E-state index < -0.39 is 11.8 Å². The molecule has 0 spiro atoms. The Balaban J connectivity index is 3.81. The average molecular weight is 340 g/mol. The molecular formula is C20H30F2O2. The number of hydrogen-bond donors (Lipinski definition) is 1. The van der Waals surface area contributed by atoms with Crippen LogP contribution in [0.1, 0.15) is 71.1 Å². The molecule has 0 heterocycles. The quantitative estimate of drug-likeness (QED) is 0.278. The van der Waals surface area contributed by atoms with Gasteiger partial charge in [0, 0.05) is 12.8 Å². The van der Waals surface area contributed by atoms with Crippen molar-refractivity contribution >= 4 is 5.97 Å². The predicted octanol–water partition coefficient (Wildman–Crippen LogP) is 6.81. The summed E-state index contributed by atoms with van der Waals surface area (Å²) in [6.45, 7) is 2.18. The second-order valence-electron chi connectivity index (χ2n) is 5.66. The molecule has 136 valence electrons. The van der Waals surface area contributed by atoms with Gasteiger partial charge in [0.1, 0.15) is 5.83 Å². The lowest BCUT2D eigenvalue weighted by Gasteiger charge is -1.96. The third-order valence-electron chi connectivity index (χ3n) is 3.38. The Hall–Kier alpha value is -1.71. The number of carbonyl (C=O) groups is 1. The van der Waals surface area contributed by atoms with E-state index >= 15 is 0 Å². The molecule has 0 aromatic heterocycles. The van der Waals surface area contributed by atoms with Gasteiger partial charge in [-0.05, 0) is 50.7 Å². The Morgan fingerprint density at radius 1 is 0.875 bits per heavy atom. The number of hydrogen-bond acceptors (Lipinski definition) is 1. The largest absolute Gasteiger partial charge is 0.481 e. The van der Waals surface area contributed by atoms with E-state index in [1.165, 1.54) is 31.4 Å². The molecule has 0 aromatic rings. The maximum Gasteiger partial charge on any atom is 0.303 e. The van der Waals surface area contributed by atoms with E-state index in [-0.39, 0.29) is 31.5 Å². The summed E-state index contributed by atoms with van der Waals surface area (Å²) in [5.41, 5.74) is 0. The fraction of sp³-hybridized carbons (Fsp3) is 0.550. The van der Waals surface area contributed by atoms with Crippen LogP contribution in [-0.2, 0) is 4.79 Å². The summed E-state index contributed by atoms with van der Waals surface area (Å²) in [6, 6.07) is 0. The number of carboxylic acids is 1. The van der Waals surface area contributed by atoms with Gasteiger partial charge in [0.05, 0.1) is 5.83 Å². The van der Waals surface area contributed by atoms with Gasteiger partial charge in [0.15, 0.2) is 0 Å². The lowest BCUT2D eigenvalue weighted by molar-refractivity contribution is -0.137. The molecule has 4 heteroatoms. The second-order valence-corrected chi connectivity index (χ2v) is 5.66. The van der Waals surface area contributed by atoms with Crippen LogP contribution in [0.5, 0.6) is 0 Å². The van der Waals surface area contributed by atoms with Crippen LogP contribution in [-0.4, -0.2) is 11.1 Å². The van der Waals surface area contributed by atoms with Crippen LogP contribution in [0.4, 0.5) is 8.78 Å². The highest BCUT2D eigenvalue weighted by molar-refractivity contribution is 5.66. The Morgan fingerprint density at radius 2 is 1.58 bits per heavy atom. The first-order valence-corrected chi connectivity index (χ1v) is 8.77. The molecule has 0 unspecified atom stereocenters. The summed E-state index contributed by atoms with van der Waals surface area (Å²) in [6.07, 6.45) is 17.1. The van der Waals surface area contributed by atoms with Crippen LogP contribution < -0.4 is 0 Å². The summed E-state index contributed by atoms with van der Waals surface area (Å²) < 4.78 is 26.8. The maximum atomic E-state index is 13.5. The standard InChI is InChI=1S/C20H30F2O2/c1-2-3-4-5-6-7-8-9-10-11-13-18(21)16-17-19(22)14-12-15-20(23)24/h6-7,9-10,13,17H,2-5,8,11-12,14-16H2,1H3,(H,23,24)/b7-6-,10-9-,18-13+,19-17+. The fourth-order valence-electron chi connectivity index (χ4n) is 2.00. The van der Waals surface area contributed by atoms with Crippen LogP contribution in [0.3, 0.4) is 0 Å². The highest BCUT2D eigenvalue weighted by Crippen LogP contribution is 2.13. The minimum atomic E-state index is -0.948. The molecule has 0 saturated heterocycles. The van der Waals surface area contributed by atoms with E-state index in [9.17, 15) is 13.6 Å². The fourth-order valence-corrected chi connectivity index (χ4v) is 2.00. The Labute approximate surface area is 144 Å². The number of aliphatic carboxylic acids is 1. The van der Waals surface area contributed by atoms with Crippen LogP contribution in [0.2, 0.25) is 0 Å². The molecule has 0 rings (SSSR count). The monoisotopic (exact) mass is 340 g/mol. The van der Waals surface area contributed by atoms with Crippen molar-refractivity contribution in [3.05, 3.63) is 48.1 Å². The smallest absolute Gasteiger partial charge is 0.303 e. The van der Waals surface area contributed by atoms with E-state index in [4.69, 9.17) is 5.11 Å². The van der Waals surface area contributed by atoms with Crippen LogP contribution in [0.25, 0.3) is 0 Å². The summed E-state index contributed by atoms with van der Waals surface area (Å²) in [5, 5.41) is 8.45. The van der Waals surface area contributed by atoms with E-state index in [0.717, 1.165) is 12.8 Å². The molecular weight excluding hydrogens is 310 g/mol. The molecule has 1 N–H and O–H groups in total. The van der Waals surface area contributed by atoms with Gasteiger partial charge in [0.2, 0.25) is 0 Å². The first-order chi connectivity index (χ1) is 11.6.